The van der Waals surface area contributed by atoms with Crippen LogP contribution in [0.25, 0.3) is 0 Å². The molecule has 1 aromatic carbocycles. The zero-order valence-corrected chi connectivity index (χ0v) is 20.6. The highest BCUT2D eigenvalue weighted by atomic mass is 19.1. The molecule has 2 fully saturated rings. The first kappa shape index (κ1) is 23.6. The number of alkyl halides is 1. The summed E-state index contributed by atoms with van der Waals surface area (Å²) < 4.78 is 15.7. The Hall–Kier alpha value is -2.78. The minimum absolute atomic E-state index is 0.0302. The number of piperidine rings is 1. The maximum atomic E-state index is 14.0. The molecule has 6 rings (SSSR count). The molecule has 0 saturated carbocycles. The van der Waals surface area contributed by atoms with E-state index in [0.717, 1.165) is 56.5 Å². The maximum absolute atomic E-state index is 14.0. The van der Waals surface area contributed by atoms with Crippen LogP contribution in [0.2, 0.25) is 0 Å². The van der Waals surface area contributed by atoms with E-state index in [1.807, 2.05) is 4.90 Å². The standard InChI is InChI=1S/C27H34FN5O3/c28-21-16-32(11-10-24(21)34)27(36)26-20-6-3-7-23(20)33(29-26)17-25(35)31-14-12-30(13-15-31)22-9-8-18-4-1-2-5-19(18)22/h1-2,4-5,21-22,24,34H,3,6-17H2/t21-,22?,24+/m1/s1. The molecule has 2 saturated heterocycles. The van der Waals surface area contributed by atoms with Gasteiger partial charge in [-0.25, -0.2) is 4.39 Å². The number of aliphatic hydroxyl groups is 1. The van der Waals surface area contributed by atoms with Crippen LogP contribution in [0.5, 0.6) is 0 Å². The van der Waals surface area contributed by atoms with Crippen molar-refractivity contribution in [2.75, 3.05) is 39.3 Å². The monoisotopic (exact) mass is 495 g/mol. The van der Waals surface area contributed by atoms with Crippen molar-refractivity contribution in [3.8, 4) is 0 Å². The van der Waals surface area contributed by atoms with Crippen molar-refractivity contribution in [2.24, 2.45) is 0 Å². The van der Waals surface area contributed by atoms with E-state index >= 15 is 0 Å². The SMILES string of the molecule is O=C(Cn1nc(C(=O)N2CC[C@H](O)[C@H](F)C2)c2c1CCC2)N1CCN(C2CCc3ccccc32)CC1. The molecule has 9 heteroatoms. The van der Waals surface area contributed by atoms with Crippen LogP contribution in [0.1, 0.15) is 58.2 Å². The summed E-state index contributed by atoms with van der Waals surface area (Å²) in [5.41, 5.74) is 5.09. The van der Waals surface area contributed by atoms with Gasteiger partial charge < -0.3 is 14.9 Å². The third-order valence-electron chi connectivity index (χ3n) is 8.50. The average Bonchev–Trinajstić information content (AvgIpc) is 3.62. The molecule has 8 nitrogen and oxygen atoms in total. The minimum atomic E-state index is -1.43. The fraction of sp³-hybridized carbons (Fsp3) is 0.593. The van der Waals surface area contributed by atoms with Gasteiger partial charge in [-0.2, -0.15) is 5.10 Å². The average molecular weight is 496 g/mol. The largest absolute Gasteiger partial charge is 0.390 e. The van der Waals surface area contributed by atoms with Crippen molar-refractivity contribution in [3.05, 3.63) is 52.3 Å². The first-order valence-electron chi connectivity index (χ1n) is 13.3. The van der Waals surface area contributed by atoms with E-state index in [1.54, 1.807) is 4.68 Å². The number of aromatic nitrogens is 2. The van der Waals surface area contributed by atoms with Crippen LogP contribution in [0, 0.1) is 0 Å². The lowest BCUT2D eigenvalue weighted by Gasteiger charge is -2.38. The third-order valence-corrected chi connectivity index (χ3v) is 8.50. The minimum Gasteiger partial charge on any atom is -0.390 e. The van der Waals surface area contributed by atoms with Crippen molar-refractivity contribution in [1.29, 1.82) is 0 Å². The van der Waals surface area contributed by atoms with Gasteiger partial charge in [-0.15, -0.1) is 0 Å². The van der Waals surface area contributed by atoms with Gasteiger partial charge in [-0.1, -0.05) is 24.3 Å². The number of aryl methyl sites for hydroxylation is 1. The number of likely N-dealkylation sites (tertiary alicyclic amines) is 1. The number of fused-ring (bicyclic) bond motifs is 2. The highest BCUT2D eigenvalue weighted by Gasteiger charge is 2.36. The predicted molar refractivity (Wildman–Crippen MR) is 131 cm³/mol. The Bertz CT molecular complexity index is 1160. The number of nitrogens with zero attached hydrogens (tertiary/aromatic N) is 5. The van der Waals surface area contributed by atoms with Gasteiger partial charge in [-0.3, -0.25) is 19.2 Å². The van der Waals surface area contributed by atoms with Crippen LogP contribution in [0.3, 0.4) is 0 Å². The van der Waals surface area contributed by atoms with Crippen LogP contribution in [-0.4, -0.2) is 92.9 Å². The number of hydrogen-bond acceptors (Lipinski definition) is 5. The van der Waals surface area contributed by atoms with E-state index in [4.69, 9.17) is 0 Å². The molecule has 2 aromatic rings. The summed E-state index contributed by atoms with van der Waals surface area (Å²) in [6, 6.07) is 9.13. The van der Waals surface area contributed by atoms with Gasteiger partial charge in [0.05, 0.1) is 12.6 Å². The fourth-order valence-electron chi connectivity index (χ4n) is 6.46. The summed E-state index contributed by atoms with van der Waals surface area (Å²) >= 11 is 0. The summed E-state index contributed by atoms with van der Waals surface area (Å²) in [6.07, 6.45) is 2.51. The van der Waals surface area contributed by atoms with Crippen LogP contribution in [0.15, 0.2) is 24.3 Å². The smallest absolute Gasteiger partial charge is 0.274 e. The molecular formula is C27H34FN5O3. The Labute approximate surface area is 210 Å². The van der Waals surface area contributed by atoms with Gasteiger partial charge in [0, 0.05) is 50.0 Å². The predicted octanol–water partition coefficient (Wildman–Crippen LogP) is 1.75. The highest BCUT2D eigenvalue weighted by Crippen LogP contribution is 2.36. The normalized spacial score (nSPS) is 26.2. The number of carbonyl (C=O) groups excluding carboxylic acids is 2. The molecule has 0 spiro atoms. The van der Waals surface area contributed by atoms with Gasteiger partial charge in [0.1, 0.15) is 12.7 Å². The number of benzene rings is 1. The number of carbonyl (C=O) groups is 2. The number of amides is 2. The maximum Gasteiger partial charge on any atom is 0.274 e. The van der Waals surface area contributed by atoms with Gasteiger partial charge >= 0.3 is 0 Å². The van der Waals surface area contributed by atoms with Gasteiger partial charge in [0.25, 0.3) is 5.91 Å². The molecule has 192 valence electrons. The van der Waals surface area contributed by atoms with E-state index in [0.29, 0.717) is 31.4 Å². The first-order valence-corrected chi connectivity index (χ1v) is 13.3. The number of aliphatic hydroxyl groups excluding tert-OH is 1. The van der Waals surface area contributed by atoms with E-state index in [1.165, 1.54) is 16.0 Å². The first-order chi connectivity index (χ1) is 17.5. The van der Waals surface area contributed by atoms with Gasteiger partial charge in [0.2, 0.25) is 5.91 Å². The quantitative estimate of drug-likeness (QED) is 0.699. The van der Waals surface area contributed by atoms with Crippen LogP contribution in [-0.2, 0) is 30.6 Å². The lowest BCUT2D eigenvalue weighted by molar-refractivity contribution is -0.134. The summed E-state index contributed by atoms with van der Waals surface area (Å²) in [4.78, 5) is 32.3. The molecule has 36 heavy (non-hydrogen) atoms. The topological polar surface area (TPSA) is 81.9 Å². The van der Waals surface area contributed by atoms with Crippen molar-refractivity contribution in [2.45, 2.75) is 63.4 Å². The van der Waals surface area contributed by atoms with Crippen LogP contribution in [0.4, 0.5) is 4.39 Å². The number of halogens is 1. The lowest BCUT2D eigenvalue weighted by Crippen LogP contribution is -2.50. The molecular weight excluding hydrogens is 461 g/mol. The zero-order valence-electron chi connectivity index (χ0n) is 20.6. The van der Waals surface area contributed by atoms with Crippen molar-refractivity contribution >= 4 is 11.8 Å². The molecule has 3 heterocycles. The number of piperazine rings is 1. The summed E-state index contributed by atoms with van der Waals surface area (Å²) in [5, 5.41) is 14.2. The summed E-state index contributed by atoms with van der Waals surface area (Å²) in [5.74, 6) is -0.262. The van der Waals surface area contributed by atoms with E-state index in [-0.39, 0.29) is 31.3 Å². The lowest BCUT2D eigenvalue weighted by atomic mass is 10.1. The van der Waals surface area contributed by atoms with E-state index in [9.17, 15) is 19.1 Å². The third kappa shape index (κ3) is 4.22. The van der Waals surface area contributed by atoms with E-state index < -0.39 is 12.3 Å². The molecule has 0 radical (unpaired) electrons. The Morgan fingerprint density at radius 3 is 2.61 bits per heavy atom. The number of rotatable bonds is 4. The molecule has 1 N–H and O–H groups in total. The second-order valence-electron chi connectivity index (χ2n) is 10.6. The molecule has 2 aliphatic heterocycles. The Morgan fingerprint density at radius 2 is 1.81 bits per heavy atom. The highest BCUT2D eigenvalue weighted by molar-refractivity contribution is 5.94. The second kappa shape index (κ2) is 9.59. The molecule has 2 amide bonds. The second-order valence-corrected chi connectivity index (χ2v) is 10.6. The van der Waals surface area contributed by atoms with Crippen molar-refractivity contribution in [1.82, 2.24) is 24.5 Å². The van der Waals surface area contributed by atoms with Crippen molar-refractivity contribution < 1.29 is 19.1 Å². The van der Waals surface area contributed by atoms with Crippen molar-refractivity contribution in [3.63, 3.8) is 0 Å². The molecule has 3 atom stereocenters. The zero-order chi connectivity index (χ0) is 24.8. The molecule has 1 unspecified atom stereocenters. The fourth-order valence-corrected chi connectivity index (χ4v) is 6.46. The summed E-state index contributed by atoms with van der Waals surface area (Å²) in [7, 11) is 0. The Balaban J connectivity index is 1.10. The number of hydrogen-bond donors (Lipinski definition) is 1. The Kier molecular flexibility index (Phi) is 6.29. The molecule has 1 aromatic heterocycles. The van der Waals surface area contributed by atoms with E-state index in [2.05, 4.69) is 34.3 Å². The molecule has 0 bridgehead atoms. The van der Waals surface area contributed by atoms with Gasteiger partial charge in [0.15, 0.2) is 5.69 Å². The molecule has 2 aliphatic carbocycles. The Morgan fingerprint density at radius 1 is 1.00 bits per heavy atom. The molecule has 4 aliphatic rings. The summed E-state index contributed by atoms with van der Waals surface area (Å²) in [6.45, 7) is 3.44. The van der Waals surface area contributed by atoms with Gasteiger partial charge in [-0.05, 0) is 49.7 Å². The van der Waals surface area contributed by atoms with Crippen LogP contribution < -0.4 is 0 Å². The van der Waals surface area contributed by atoms with Crippen LogP contribution >= 0.6 is 0 Å².